The largest absolute Gasteiger partial charge is 0.463 e. The number of esters is 1. The molecule has 0 bridgehead atoms. The van der Waals surface area contributed by atoms with Crippen molar-refractivity contribution in [2.45, 2.75) is 63.8 Å². The normalized spacial score (nSPS) is 31.1. The summed E-state index contributed by atoms with van der Waals surface area (Å²) in [5, 5.41) is 3.34. The summed E-state index contributed by atoms with van der Waals surface area (Å²) in [6, 6.07) is 0. The first-order chi connectivity index (χ1) is 8.24. The summed E-state index contributed by atoms with van der Waals surface area (Å²) in [5.41, 5.74) is 0. The predicted octanol–water partition coefficient (Wildman–Crippen LogP) is 1.63. The van der Waals surface area contributed by atoms with Crippen molar-refractivity contribution in [3.8, 4) is 0 Å². The second-order valence-corrected chi connectivity index (χ2v) is 5.09. The maximum absolute atomic E-state index is 10.8. The van der Waals surface area contributed by atoms with Crippen LogP contribution in [0, 0.1) is 0 Å². The fourth-order valence-corrected chi connectivity index (χ4v) is 2.72. The Kier molecular flexibility index (Phi) is 4.80. The zero-order valence-corrected chi connectivity index (χ0v) is 10.6. The van der Waals surface area contributed by atoms with E-state index in [4.69, 9.17) is 9.47 Å². The first-order valence-corrected chi connectivity index (χ1v) is 6.77. The van der Waals surface area contributed by atoms with Gasteiger partial charge < -0.3 is 14.8 Å². The van der Waals surface area contributed by atoms with E-state index in [0.29, 0.717) is 12.2 Å². The van der Waals surface area contributed by atoms with Crippen molar-refractivity contribution < 1.29 is 14.3 Å². The van der Waals surface area contributed by atoms with Crippen molar-refractivity contribution in [2.24, 2.45) is 0 Å². The molecule has 17 heavy (non-hydrogen) atoms. The predicted molar refractivity (Wildman–Crippen MR) is 64.8 cm³/mol. The Morgan fingerprint density at radius 1 is 0.941 bits per heavy atom. The molecule has 1 saturated carbocycles. The molecule has 1 saturated heterocycles. The third-order valence-corrected chi connectivity index (χ3v) is 3.62. The van der Waals surface area contributed by atoms with Crippen LogP contribution in [0.3, 0.4) is 0 Å². The number of carbonyl (C=O) groups is 1. The maximum Gasteiger partial charge on any atom is 0.302 e. The van der Waals surface area contributed by atoms with Crippen LogP contribution in [-0.4, -0.2) is 37.4 Å². The zero-order valence-electron chi connectivity index (χ0n) is 10.6. The monoisotopic (exact) mass is 241 g/mol. The van der Waals surface area contributed by atoms with Crippen LogP contribution in [0.5, 0.6) is 0 Å². The van der Waals surface area contributed by atoms with Crippen LogP contribution in [0.25, 0.3) is 0 Å². The van der Waals surface area contributed by atoms with Gasteiger partial charge in [-0.2, -0.15) is 0 Å². The van der Waals surface area contributed by atoms with Gasteiger partial charge in [0.1, 0.15) is 6.10 Å². The van der Waals surface area contributed by atoms with Gasteiger partial charge in [0.15, 0.2) is 0 Å². The fourth-order valence-electron chi connectivity index (χ4n) is 2.72. The third-order valence-electron chi connectivity index (χ3n) is 3.62. The van der Waals surface area contributed by atoms with Crippen LogP contribution in [0.15, 0.2) is 0 Å². The molecule has 0 atom stereocenters. The van der Waals surface area contributed by atoms with Gasteiger partial charge in [-0.3, -0.25) is 4.79 Å². The molecule has 4 heteroatoms. The van der Waals surface area contributed by atoms with E-state index in [1.807, 2.05) is 0 Å². The van der Waals surface area contributed by atoms with Crippen LogP contribution < -0.4 is 5.32 Å². The second-order valence-electron chi connectivity index (χ2n) is 5.09. The van der Waals surface area contributed by atoms with E-state index in [9.17, 15) is 4.79 Å². The number of hydrogen-bond acceptors (Lipinski definition) is 4. The van der Waals surface area contributed by atoms with Crippen LogP contribution in [0.4, 0.5) is 0 Å². The molecule has 0 aromatic rings. The minimum atomic E-state index is -0.160. The Bertz CT molecular complexity index is 243. The van der Waals surface area contributed by atoms with Gasteiger partial charge in [-0.1, -0.05) is 0 Å². The zero-order chi connectivity index (χ0) is 12.1. The maximum atomic E-state index is 10.8. The SMILES string of the molecule is CC(=O)O[C@H]1CC[C@@H](OC2CCNCC2)CC1. The smallest absolute Gasteiger partial charge is 0.302 e. The summed E-state index contributed by atoms with van der Waals surface area (Å²) in [6.07, 6.45) is 7.17. The van der Waals surface area contributed by atoms with Gasteiger partial charge in [-0.25, -0.2) is 0 Å². The minimum absolute atomic E-state index is 0.125. The van der Waals surface area contributed by atoms with Gasteiger partial charge in [-0.15, -0.1) is 0 Å². The summed E-state index contributed by atoms with van der Waals surface area (Å²) >= 11 is 0. The Hall–Kier alpha value is -0.610. The molecule has 0 aromatic heterocycles. The lowest BCUT2D eigenvalue weighted by molar-refractivity contribution is -0.150. The molecule has 1 aliphatic carbocycles. The standard InChI is InChI=1S/C13H23NO3/c1-10(15)16-11-2-4-12(5-3-11)17-13-6-8-14-9-7-13/h11-14H,2-9H2,1H3/t11-,12+. The number of nitrogens with one attached hydrogen (secondary N) is 1. The Balaban J connectivity index is 1.66. The average molecular weight is 241 g/mol. The summed E-state index contributed by atoms with van der Waals surface area (Å²) in [4.78, 5) is 10.8. The highest BCUT2D eigenvalue weighted by Gasteiger charge is 2.26. The number of carbonyl (C=O) groups excluding carboxylic acids is 1. The topological polar surface area (TPSA) is 47.6 Å². The average Bonchev–Trinajstić information content (AvgIpc) is 2.32. The first kappa shape index (κ1) is 12.8. The molecule has 1 heterocycles. The number of piperidine rings is 1. The van der Waals surface area contributed by atoms with Crippen LogP contribution in [-0.2, 0) is 14.3 Å². The van der Waals surface area contributed by atoms with Crippen LogP contribution >= 0.6 is 0 Å². The van der Waals surface area contributed by atoms with E-state index in [-0.39, 0.29) is 12.1 Å². The van der Waals surface area contributed by atoms with Gasteiger partial charge in [-0.05, 0) is 51.6 Å². The minimum Gasteiger partial charge on any atom is -0.463 e. The molecule has 4 nitrogen and oxygen atoms in total. The van der Waals surface area contributed by atoms with Crippen molar-refractivity contribution in [1.29, 1.82) is 0 Å². The molecule has 98 valence electrons. The molecule has 2 rings (SSSR count). The Morgan fingerprint density at radius 3 is 2.06 bits per heavy atom. The molecule has 2 aliphatic rings. The molecule has 0 spiro atoms. The Labute approximate surface area is 103 Å². The quantitative estimate of drug-likeness (QED) is 0.763. The summed E-state index contributed by atoms with van der Waals surface area (Å²) in [5.74, 6) is -0.160. The van der Waals surface area contributed by atoms with E-state index in [2.05, 4.69) is 5.32 Å². The van der Waals surface area contributed by atoms with Crippen LogP contribution in [0.2, 0.25) is 0 Å². The molecule has 0 radical (unpaired) electrons. The van der Waals surface area contributed by atoms with Crippen molar-refractivity contribution in [1.82, 2.24) is 5.32 Å². The van der Waals surface area contributed by atoms with E-state index < -0.39 is 0 Å². The lowest BCUT2D eigenvalue weighted by atomic mass is 9.94. The molecule has 0 aromatic carbocycles. The van der Waals surface area contributed by atoms with Crippen molar-refractivity contribution in [3.05, 3.63) is 0 Å². The van der Waals surface area contributed by atoms with Gasteiger partial charge in [0.05, 0.1) is 12.2 Å². The van der Waals surface area contributed by atoms with E-state index in [0.717, 1.165) is 51.6 Å². The molecular weight excluding hydrogens is 218 g/mol. The molecule has 0 amide bonds. The third kappa shape index (κ3) is 4.28. The van der Waals surface area contributed by atoms with Gasteiger partial charge in [0.25, 0.3) is 0 Å². The van der Waals surface area contributed by atoms with E-state index in [1.165, 1.54) is 6.92 Å². The molecular formula is C13H23NO3. The van der Waals surface area contributed by atoms with E-state index >= 15 is 0 Å². The first-order valence-electron chi connectivity index (χ1n) is 6.77. The van der Waals surface area contributed by atoms with Crippen molar-refractivity contribution in [2.75, 3.05) is 13.1 Å². The number of ether oxygens (including phenoxy) is 2. The van der Waals surface area contributed by atoms with Gasteiger partial charge in [0, 0.05) is 6.92 Å². The van der Waals surface area contributed by atoms with Crippen molar-refractivity contribution >= 4 is 5.97 Å². The number of hydrogen-bond donors (Lipinski definition) is 1. The molecule has 1 N–H and O–H groups in total. The second kappa shape index (κ2) is 6.36. The van der Waals surface area contributed by atoms with Gasteiger partial charge in [0.2, 0.25) is 0 Å². The highest BCUT2D eigenvalue weighted by molar-refractivity contribution is 5.66. The summed E-state index contributed by atoms with van der Waals surface area (Å²) in [7, 11) is 0. The fraction of sp³-hybridized carbons (Fsp3) is 0.923. The molecule has 0 unspecified atom stereocenters. The summed E-state index contributed by atoms with van der Waals surface area (Å²) in [6.45, 7) is 3.64. The molecule has 1 aliphatic heterocycles. The van der Waals surface area contributed by atoms with Crippen LogP contribution in [0.1, 0.15) is 45.4 Å². The Morgan fingerprint density at radius 2 is 1.47 bits per heavy atom. The van der Waals surface area contributed by atoms with Gasteiger partial charge >= 0.3 is 5.97 Å². The lowest BCUT2D eigenvalue weighted by Crippen LogP contribution is -2.36. The highest BCUT2D eigenvalue weighted by Crippen LogP contribution is 2.25. The highest BCUT2D eigenvalue weighted by atomic mass is 16.5. The number of rotatable bonds is 3. The molecule has 2 fully saturated rings. The van der Waals surface area contributed by atoms with Crippen molar-refractivity contribution in [3.63, 3.8) is 0 Å². The summed E-state index contributed by atoms with van der Waals surface area (Å²) < 4.78 is 11.3. The van der Waals surface area contributed by atoms with E-state index in [1.54, 1.807) is 0 Å². The lowest BCUT2D eigenvalue weighted by Gasteiger charge is -2.32.